The number of halogens is 1. The number of nitrogens with zero attached hydrogens (tertiary/aromatic N) is 2. The predicted octanol–water partition coefficient (Wildman–Crippen LogP) is 2.28. The second-order valence-electron chi connectivity index (χ2n) is 4.97. The Bertz CT molecular complexity index is 465. The number of aliphatic hydroxyl groups is 1. The van der Waals surface area contributed by atoms with Gasteiger partial charge < -0.3 is 10.0 Å². The van der Waals surface area contributed by atoms with E-state index in [0.717, 1.165) is 31.4 Å². The molecule has 1 atom stereocenters. The number of rotatable bonds is 3. The van der Waals surface area contributed by atoms with E-state index in [9.17, 15) is 9.90 Å². The van der Waals surface area contributed by atoms with Gasteiger partial charge in [0.1, 0.15) is 5.15 Å². The summed E-state index contributed by atoms with van der Waals surface area (Å²) in [4.78, 5) is 18.3. The third kappa shape index (κ3) is 3.67. The first kappa shape index (κ1) is 14.3. The number of aliphatic hydroxyl groups excluding tert-OH is 1. The molecule has 104 valence electrons. The summed E-state index contributed by atoms with van der Waals surface area (Å²) in [5.41, 5.74) is 1.41. The number of β-amino-alcohol motifs (C(OH)–C–C–N with tert-alkyl or cyclic N) is 1. The van der Waals surface area contributed by atoms with E-state index in [1.54, 1.807) is 17.0 Å². The molecule has 1 N–H and O–H groups in total. The second kappa shape index (κ2) is 6.35. The van der Waals surface area contributed by atoms with Crippen LogP contribution in [0.5, 0.6) is 0 Å². The fraction of sp³-hybridized carbons (Fsp3) is 0.571. The summed E-state index contributed by atoms with van der Waals surface area (Å²) >= 11 is 5.97. The van der Waals surface area contributed by atoms with Gasteiger partial charge in [-0.3, -0.25) is 4.79 Å². The van der Waals surface area contributed by atoms with Crippen molar-refractivity contribution >= 4 is 17.5 Å². The van der Waals surface area contributed by atoms with Gasteiger partial charge in [0, 0.05) is 24.3 Å². The van der Waals surface area contributed by atoms with E-state index in [4.69, 9.17) is 11.6 Å². The Kier molecular flexibility index (Phi) is 4.77. The van der Waals surface area contributed by atoms with Gasteiger partial charge in [0.25, 0.3) is 5.91 Å². The van der Waals surface area contributed by atoms with E-state index in [-0.39, 0.29) is 5.91 Å². The van der Waals surface area contributed by atoms with Crippen LogP contribution < -0.4 is 0 Å². The molecule has 0 aliphatic carbocycles. The number of piperidine rings is 1. The molecule has 2 rings (SSSR count). The van der Waals surface area contributed by atoms with E-state index in [0.29, 0.717) is 23.8 Å². The van der Waals surface area contributed by atoms with Gasteiger partial charge in [-0.2, -0.15) is 0 Å². The number of amides is 1. The summed E-state index contributed by atoms with van der Waals surface area (Å²) in [6, 6.07) is 3.41. The lowest BCUT2D eigenvalue weighted by Gasteiger charge is -2.30. The highest BCUT2D eigenvalue weighted by Crippen LogP contribution is 2.17. The molecule has 0 aromatic carbocycles. The van der Waals surface area contributed by atoms with E-state index in [2.05, 4.69) is 11.9 Å². The van der Waals surface area contributed by atoms with Crippen LogP contribution in [0, 0.1) is 0 Å². The minimum atomic E-state index is -0.412. The molecule has 1 saturated heterocycles. The van der Waals surface area contributed by atoms with Crippen molar-refractivity contribution in [3.05, 3.63) is 28.5 Å². The SMILES string of the molecule is CCCc1cc(C(=O)N2CCC[C@H](O)C2)cc(Cl)n1. The Morgan fingerprint density at radius 1 is 1.58 bits per heavy atom. The highest BCUT2D eigenvalue weighted by molar-refractivity contribution is 6.29. The Labute approximate surface area is 118 Å². The predicted molar refractivity (Wildman–Crippen MR) is 74.4 cm³/mol. The molecule has 1 fully saturated rings. The molecule has 0 spiro atoms. The maximum atomic E-state index is 12.4. The van der Waals surface area contributed by atoms with Crippen molar-refractivity contribution in [1.29, 1.82) is 0 Å². The third-order valence-electron chi connectivity index (χ3n) is 3.28. The van der Waals surface area contributed by atoms with Crippen LogP contribution >= 0.6 is 11.6 Å². The van der Waals surface area contributed by atoms with Crippen LogP contribution in [-0.2, 0) is 6.42 Å². The fourth-order valence-corrected chi connectivity index (χ4v) is 2.61. The highest BCUT2D eigenvalue weighted by Gasteiger charge is 2.23. The van der Waals surface area contributed by atoms with Crippen molar-refractivity contribution < 1.29 is 9.90 Å². The molecule has 5 heteroatoms. The van der Waals surface area contributed by atoms with Crippen LogP contribution in [0.15, 0.2) is 12.1 Å². The van der Waals surface area contributed by atoms with Crippen LogP contribution in [0.1, 0.15) is 42.2 Å². The smallest absolute Gasteiger partial charge is 0.254 e. The Morgan fingerprint density at radius 3 is 3.05 bits per heavy atom. The molecule has 0 unspecified atom stereocenters. The van der Waals surface area contributed by atoms with E-state index < -0.39 is 6.10 Å². The average molecular weight is 283 g/mol. The largest absolute Gasteiger partial charge is 0.391 e. The molecule has 1 aliphatic heterocycles. The van der Waals surface area contributed by atoms with Crippen LogP contribution in [0.4, 0.5) is 0 Å². The zero-order valence-electron chi connectivity index (χ0n) is 11.1. The lowest BCUT2D eigenvalue weighted by atomic mass is 10.1. The van der Waals surface area contributed by atoms with Gasteiger partial charge in [0.05, 0.1) is 6.10 Å². The van der Waals surface area contributed by atoms with Crippen molar-refractivity contribution in [1.82, 2.24) is 9.88 Å². The Balaban J connectivity index is 2.18. The molecule has 2 heterocycles. The molecule has 4 nitrogen and oxygen atoms in total. The van der Waals surface area contributed by atoms with Gasteiger partial charge in [-0.1, -0.05) is 24.9 Å². The minimum Gasteiger partial charge on any atom is -0.391 e. The van der Waals surface area contributed by atoms with Crippen LogP contribution in [0.25, 0.3) is 0 Å². The van der Waals surface area contributed by atoms with Gasteiger partial charge in [0.2, 0.25) is 0 Å². The summed E-state index contributed by atoms with van der Waals surface area (Å²) in [5.74, 6) is -0.0691. The molecular weight excluding hydrogens is 264 g/mol. The van der Waals surface area contributed by atoms with Crippen LogP contribution in [0.3, 0.4) is 0 Å². The summed E-state index contributed by atoms with van der Waals surface area (Å²) in [7, 11) is 0. The number of carbonyl (C=O) groups is 1. The number of hydrogen-bond donors (Lipinski definition) is 1. The van der Waals surface area contributed by atoms with Gasteiger partial charge in [-0.25, -0.2) is 4.98 Å². The maximum Gasteiger partial charge on any atom is 0.254 e. The van der Waals surface area contributed by atoms with Crippen molar-refractivity contribution in [2.75, 3.05) is 13.1 Å². The number of aryl methyl sites for hydroxylation is 1. The second-order valence-corrected chi connectivity index (χ2v) is 5.35. The first-order valence-electron chi connectivity index (χ1n) is 6.74. The van der Waals surface area contributed by atoms with E-state index in [1.165, 1.54) is 0 Å². The molecule has 0 saturated carbocycles. The highest BCUT2D eigenvalue weighted by atomic mass is 35.5. The van der Waals surface area contributed by atoms with Gasteiger partial charge in [-0.05, 0) is 31.4 Å². The number of hydrogen-bond acceptors (Lipinski definition) is 3. The van der Waals surface area contributed by atoms with Crippen molar-refractivity contribution in [2.45, 2.75) is 38.7 Å². The Morgan fingerprint density at radius 2 is 2.37 bits per heavy atom. The number of carbonyl (C=O) groups excluding carboxylic acids is 1. The molecule has 1 aromatic rings. The number of likely N-dealkylation sites (tertiary alicyclic amines) is 1. The quantitative estimate of drug-likeness (QED) is 0.866. The summed E-state index contributed by atoms with van der Waals surface area (Å²) in [5, 5.41) is 9.99. The van der Waals surface area contributed by atoms with Gasteiger partial charge >= 0.3 is 0 Å². The number of aromatic nitrogens is 1. The zero-order valence-corrected chi connectivity index (χ0v) is 11.9. The van der Waals surface area contributed by atoms with E-state index in [1.807, 2.05) is 0 Å². The van der Waals surface area contributed by atoms with E-state index >= 15 is 0 Å². The molecule has 1 aromatic heterocycles. The lowest BCUT2D eigenvalue weighted by Crippen LogP contribution is -2.42. The molecular formula is C14H19ClN2O2. The van der Waals surface area contributed by atoms with Crippen molar-refractivity contribution in [3.63, 3.8) is 0 Å². The molecule has 1 amide bonds. The summed E-state index contributed by atoms with van der Waals surface area (Å²) in [6.07, 6.45) is 2.97. The standard InChI is InChI=1S/C14H19ClN2O2/c1-2-4-11-7-10(8-13(15)16-11)14(19)17-6-3-5-12(18)9-17/h7-8,12,18H,2-6,9H2,1H3/t12-/m0/s1. The molecule has 0 radical (unpaired) electrons. The average Bonchev–Trinajstić information content (AvgIpc) is 2.37. The van der Waals surface area contributed by atoms with Crippen molar-refractivity contribution in [3.8, 4) is 0 Å². The minimum absolute atomic E-state index is 0.0691. The topological polar surface area (TPSA) is 53.4 Å². The third-order valence-corrected chi connectivity index (χ3v) is 3.48. The first-order valence-corrected chi connectivity index (χ1v) is 7.11. The van der Waals surface area contributed by atoms with Gasteiger partial charge in [-0.15, -0.1) is 0 Å². The van der Waals surface area contributed by atoms with Crippen molar-refractivity contribution in [2.24, 2.45) is 0 Å². The van der Waals surface area contributed by atoms with Crippen LogP contribution in [0.2, 0.25) is 5.15 Å². The molecule has 0 bridgehead atoms. The normalized spacial score (nSPS) is 19.5. The first-order chi connectivity index (χ1) is 9.10. The monoisotopic (exact) mass is 282 g/mol. The molecule has 19 heavy (non-hydrogen) atoms. The molecule has 1 aliphatic rings. The Hall–Kier alpha value is -1.13. The number of pyridine rings is 1. The fourth-order valence-electron chi connectivity index (χ4n) is 2.38. The summed E-state index contributed by atoms with van der Waals surface area (Å²) in [6.45, 7) is 3.16. The maximum absolute atomic E-state index is 12.4. The zero-order chi connectivity index (χ0) is 13.8. The summed E-state index contributed by atoms with van der Waals surface area (Å²) < 4.78 is 0. The lowest BCUT2D eigenvalue weighted by molar-refractivity contribution is 0.0473. The van der Waals surface area contributed by atoms with Crippen LogP contribution in [-0.4, -0.2) is 40.1 Å². The van der Waals surface area contributed by atoms with Gasteiger partial charge in [0.15, 0.2) is 0 Å².